The van der Waals surface area contributed by atoms with Crippen molar-refractivity contribution in [1.29, 1.82) is 0 Å². The zero-order valence-electron chi connectivity index (χ0n) is 13.5. The average Bonchev–Trinajstić information content (AvgIpc) is 3.02. The first-order valence-corrected chi connectivity index (χ1v) is 7.39. The van der Waals surface area contributed by atoms with E-state index in [0.717, 1.165) is 31.4 Å². The molecule has 0 bridgehead atoms. The number of furan rings is 1. The second-order valence-electron chi connectivity index (χ2n) is 5.20. The van der Waals surface area contributed by atoms with Gasteiger partial charge in [-0.2, -0.15) is 0 Å². The van der Waals surface area contributed by atoms with E-state index in [0.29, 0.717) is 0 Å². The third kappa shape index (κ3) is 4.63. The Morgan fingerprint density at radius 3 is 2.55 bits per heavy atom. The summed E-state index contributed by atoms with van der Waals surface area (Å²) in [7, 11) is 5.72. The van der Waals surface area contributed by atoms with Crippen LogP contribution in [0, 0.1) is 0 Å². The van der Waals surface area contributed by atoms with Gasteiger partial charge in [-0.15, -0.1) is 0 Å². The molecule has 0 aliphatic heterocycles. The molecule has 0 aliphatic rings. The Balaban J connectivity index is 1.98. The summed E-state index contributed by atoms with van der Waals surface area (Å²) >= 11 is 0. The number of hydrogen-bond acceptors (Lipinski definition) is 3. The topological polar surface area (TPSA) is 52.8 Å². The summed E-state index contributed by atoms with van der Waals surface area (Å²) in [6, 6.07) is 12.4. The highest BCUT2D eigenvalue weighted by Crippen LogP contribution is 2.13. The molecule has 5 heteroatoms. The summed E-state index contributed by atoms with van der Waals surface area (Å²) in [6.45, 7) is 2.42. The van der Waals surface area contributed by atoms with Crippen LogP contribution in [0.3, 0.4) is 0 Å². The number of guanidine groups is 1. The minimum atomic E-state index is 0.748. The molecular weight excluding hydrogens is 276 g/mol. The van der Waals surface area contributed by atoms with Gasteiger partial charge in [0, 0.05) is 27.2 Å². The van der Waals surface area contributed by atoms with Gasteiger partial charge in [0.25, 0.3) is 0 Å². The highest BCUT2D eigenvalue weighted by molar-refractivity contribution is 5.79. The fraction of sp³-hybridized carbons (Fsp3) is 0.353. The summed E-state index contributed by atoms with van der Waals surface area (Å²) in [5.41, 5.74) is 2.57. The summed E-state index contributed by atoms with van der Waals surface area (Å²) in [4.78, 5) is 6.37. The van der Waals surface area contributed by atoms with E-state index in [4.69, 9.17) is 4.42 Å². The smallest absolute Gasteiger partial charge is 0.190 e. The van der Waals surface area contributed by atoms with Gasteiger partial charge in [0.1, 0.15) is 5.76 Å². The first-order valence-electron chi connectivity index (χ1n) is 7.39. The highest BCUT2D eigenvalue weighted by atomic mass is 16.3. The van der Waals surface area contributed by atoms with Crippen LogP contribution in [-0.4, -0.2) is 32.0 Å². The van der Waals surface area contributed by atoms with Crippen molar-refractivity contribution in [3.05, 3.63) is 59.5 Å². The summed E-state index contributed by atoms with van der Waals surface area (Å²) in [5, 5.41) is 6.32. The van der Waals surface area contributed by atoms with Gasteiger partial charge in [-0.3, -0.25) is 9.89 Å². The quantitative estimate of drug-likeness (QED) is 0.634. The van der Waals surface area contributed by atoms with Crippen LogP contribution in [0.15, 0.2) is 52.1 Å². The number of hydrogen-bond donors (Lipinski definition) is 2. The second kappa shape index (κ2) is 8.24. The fourth-order valence-electron chi connectivity index (χ4n) is 2.36. The van der Waals surface area contributed by atoms with E-state index in [1.54, 1.807) is 13.3 Å². The molecule has 0 saturated heterocycles. The molecule has 1 aromatic heterocycles. The van der Waals surface area contributed by atoms with Gasteiger partial charge in [0.05, 0.1) is 12.8 Å². The van der Waals surface area contributed by atoms with Crippen molar-refractivity contribution in [2.45, 2.75) is 19.6 Å². The monoisotopic (exact) mass is 300 g/mol. The zero-order chi connectivity index (χ0) is 15.8. The van der Waals surface area contributed by atoms with Crippen LogP contribution in [0.25, 0.3) is 0 Å². The molecule has 2 rings (SSSR count). The molecule has 0 radical (unpaired) electrons. The number of rotatable bonds is 6. The van der Waals surface area contributed by atoms with E-state index < -0.39 is 0 Å². The van der Waals surface area contributed by atoms with Gasteiger partial charge in [-0.05, 0) is 30.3 Å². The van der Waals surface area contributed by atoms with Crippen LogP contribution in [-0.2, 0) is 19.6 Å². The van der Waals surface area contributed by atoms with Crippen LogP contribution < -0.4 is 10.6 Å². The molecule has 2 N–H and O–H groups in total. The lowest BCUT2D eigenvalue weighted by Crippen LogP contribution is -2.34. The molecule has 1 heterocycles. The molecule has 0 unspecified atom stereocenters. The van der Waals surface area contributed by atoms with E-state index >= 15 is 0 Å². The minimum Gasteiger partial charge on any atom is -0.468 e. The standard InChI is InChI=1S/C17H24N4O/c1-18-17(19-2)20-11-14-7-4-5-8-15(14)12-21(3)13-16-9-6-10-22-16/h4-10H,11-13H2,1-3H3,(H2,18,19,20). The van der Waals surface area contributed by atoms with Crippen LogP contribution in [0.4, 0.5) is 0 Å². The van der Waals surface area contributed by atoms with Gasteiger partial charge in [0.2, 0.25) is 0 Å². The average molecular weight is 300 g/mol. The third-order valence-electron chi connectivity index (χ3n) is 3.47. The van der Waals surface area contributed by atoms with E-state index in [9.17, 15) is 0 Å². The normalized spacial score (nSPS) is 11.7. The van der Waals surface area contributed by atoms with Crippen LogP contribution >= 0.6 is 0 Å². The van der Waals surface area contributed by atoms with Crippen molar-refractivity contribution in [2.24, 2.45) is 4.99 Å². The zero-order valence-corrected chi connectivity index (χ0v) is 13.5. The van der Waals surface area contributed by atoms with Gasteiger partial charge in [0.15, 0.2) is 5.96 Å². The first-order chi connectivity index (χ1) is 10.7. The molecule has 2 aromatic rings. The Morgan fingerprint density at radius 2 is 1.91 bits per heavy atom. The van der Waals surface area contributed by atoms with Gasteiger partial charge in [-0.1, -0.05) is 24.3 Å². The van der Waals surface area contributed by atoms with Crippen molar-refractivity contribution in [3.8, 4) is 0 Å². The molecule has 118 valence electrons. The lowest BCUT2D eigenvalue weighted by molar-refractivity contribution is 0.287. The largest absolute Gasteiger partial charge is 0.468 e. The van der Waals surface area contributed by atoms with Gasteiger partial charge < -0.3 is 15.1 Å². The van der Waals surface area contributed by atoms with Gasteiger partial charge in [-0.25, -0.2) is 0 Å². The lowest BCUT2D eigenvalue weighted by atomic mass is 10.1. The molecule has 0 fully saturated rings. The van der Waals surface area contributed by atoms with Crippen molar-refractivity contribution in [1.82, 2.24) is 15.5 Å². The number of nitrogens with zero attached hydrogens (tertiary/aromatic N) is 2. The fourth-order valence-corrected chi connectivity index (χ4v) is 2.36. The van der Waals surface area contributed by atoms with Crippen molar-refractivity contribution < 1.29 is 4.42 Å². The molecule has 0 amide bonds. The minimum absolute atomic E-state index is 0.748. The Kier molecular flexibility index (Phi) is 6.03. The third-order valence-corrected chi connectivity index (χ3v) is 3.47. The molecule has 0 spiro atoms. The van der Waals surface area contributed by atoms with Crippen LogP contribution in [0.1, 0.15) is 16.9 Å². The Labute approximate surface area is 132 Å². The van der Waals surface area contributed by atoms with Crippen LogP contribution in [0.5, 0.6) is 0 Å². The number of benzene rings is 1. The Hall–Kier alpha value is -2.27. The summed E-state index contributed by atoms with van der Waals surface area (Å²) in [5.74, 6) is 1.77. The molecule has 0 aliphatic carbocycles. The van der Waals surface area contributed by atoms with E-state index in [1.807, 2.05) is 19.2 Å². The molecule has 0 saturated carbocycles. The maximum Gasteiger partial charge on any atom is 0.190 e. The maximum atomic E-state index is 5.40. The maximum absolute atomic E-state index is 5.40. The number of aliphatic imine (C=N–C) groups is 1. The first kappa shape index (κ1) is 16.1. The summed E-state index contributed by atoms with van der Waals surface area (Å²) < 4.78 is 5.40. The number of nitrogens with one attached hydrogen (secondary N) is 2. The Morgan fingerprint density at radius 1 is 1.14 bits per heavy atom. The van der Waals surface area contributed by atoms with Crippen LogP contribution in [0.2, 0.25) is 0 Å². The lowest BCUT2D eigenvalue weighted by Gasteiger charge is -2.18. The molecule has 5 nitrogen and oxygen atoms in total. The van der Waals surface area contributed by atoms with Gasteiger partial charge >= 0.3 is 0 Å². The van der Waals surface area contributed by atoms with Crippen molar-refractivity contribution in [3.63, 3.8) is 0 Å². The van der Waals surface area contributed by atoms with E-state index in [2.05, 4.69) is 51.8 Å². The van der Waals surface area contributed by atoms with E-state index in [1.165, 1.54) is 11.1 Å². The van der Waals surface area contributed by atoms with Crippen molar-refractivity contribution in [2.75, 3.05) is 21.1 Å². The van der Waals surface area contributed by atoms with E-state index in [-0.39, 0.29) is 0 Å². The molecule has 1 aromatic carbocycles. The predicted molar refractivity (Wildman–Crippen MR) is 89.6 cm³/mol. The second-order valence-corrected chi connectivity index (χ2v) is 5.20. The highest BCUT2D eigenvalue weighted by Gasteiger charge is 2.07. The van der Waals surface area contributed by atoms with Crippen molar-refractivity contribution >= 4 is 5.96 Å². The predicted octanol–water partition coefficient (Wildman–Crippen LogP) is 2.21. The molecular formula is C17H24N4O. The molecule has 0 atom stereocenters. The Bertz CT molecular complexity index is 592. The summed E-state index contributed by atoms with van der Waals surface area (Å²) in [6.07, 6.45) is 1.71. The molecule has 22 heavy (non-hydrogen) atoms. The SMILES string of the molecule is CN=C(NC)NCc1ccccc1CN(C)Cc1ccco1.